The fraction of sp³-hybridized carbons (Fsp3) is 0.667. The number of hydrogen-bond acceptors (Lipinski definition) is 5. The largest absolute Gasteiger partial charge is 0.377 e. The Morgan fingerprint density at radius 2 is 2.12 bits per heavy atom. The van der Waals surface area contributed by atoms with Gasteiger partial charge in [0.05, 0.1) is 13.2 Å². The van der Waals surface area contributed by atoms with Crippen molar-refractivity contribution in [2.45, 2.75) is 6.04 Å². The summed E-state index contributed by atoms with van der Waals surface area (Å²) in [6.07, 6.45) is 0. The van der Waals surface area contributed by atoms with E-state index in [2.05, 4.69) is 5.32 Å². The summed E-state index contributed by atoms with van der Waals surface area (Å²) in [5.41, 5.74) is 10.3. The summed E-state index contributed by atoms with van der Waals surface area (Å²) in [6.45, 7) is 0.908. The van der Waals surface area contributed by atoms with Gasteiger partial charge >= 0.3 is 11.8 Å². The standard InChI is InChI=1S/C9H16N4O4/c10-1-2-12-8(15)9(16)13-3-4-17-5-6(13)7(11)14/h6H,1-5,10H2,(H2,11,14)(H,12,15). The molecule has 0 aromatic rings. The summed E-state index contributed by atoms with van der Waals surface area (Å²) in [5, 5.41) is 2.34. The molecule has 1 saturated heterocycles. The molecule has 1 unspecified atom stereocenters. The Hall–Kier alpha value is -1.67. The first-order valence-corrected chi connectivity index (χ1v) is 5.24. The second-order valence-corrected chi connectivity index (χ2v) is 3.54. The summed E-state index contributed by atoms with van der Waals surface area (Å²) >= 11 is 0. The van der Waals surface area contributed by atoms with Crippen molar-refractivity contribution in [2.75, 3.05) is 32.8 Å². The van der Waals surface area contributed by atoms with Crippen LogP contribution in [0.5, 0.6) is 0 Å². The van der Waals surface area contributed by atoms with E-state index in [0.717, 1.165) is 4.90 Å². The van der Waals surface area contributed by atoms with Crippen LogP contribution in [0.3, 0.4) is 0 Å². The van der Waals surface area contributed by atoms with Crippen LogP contribution in [0.15, 0.2) is 0 Å². The number of primary amides is 1. The minimum atomic E-state index is -0.889. The molecular weight excluding hydrogens is 228 g/mol. The van der Waals surface area contributed by atoms with Crippen LogP contribution in [-0.2, 0) is 19.1 Å². The molecule has 1 rings (SSSR count). The van der Waals surface area contributed by atoms with Crippen molar-refractivity contribution in [1.82, 2.24) is 10.2 Å². The highest BCUT2D eigenvalue weighted by atomic mass is 16.5. The topological polar surface area (TPSA) is 128 Å². The van der Waals surface area contributed by atoms with Crippen molar-refractivity contribution in [3.8, 4) is 0 Å². The Balaban J connectivity index is 2.64. The van der Waals surface area contributed by atoms with E-state index in [1.54, 1.807) is 0 Å². The van der Waals surface area contributed by atoms with E-state index in [0.29, 0.717) is 0 Å². The van der Waals surface area contributed by atoms with Gasteiger partial charge < -0.3 is 26.4 Å². The second-order valence-electron chi connectivity index (χ2n) is 3.54. The maximum atomic E-state index is 11.7. The molecule has 0 aromatic heterocycles. The Labute approximate surface area is 98.2 Å². The van der Waals surface area contributed by atoms with E-state index in [-0.39, 0.29) is 32.8 Å². The molecule has 8 heteroatoms. The van der Waals surface area contributed by atoms with Crippen molar-refractivity contribution in [3.63, 3.8) is 0 Å². The lowest BCUT2D eigenvalue weighted by molar-refractivity contribution is -0.154. The molecule has 8 nitrogen and oxygen atoms in total. The van der Waals surface area contributed by atoms with E-state index < -0.39 is 23.8 Å². The second kappa shape index (κ2) is 6.16. The van der Waals surface area contributed by atoms with Crippen molar-refractivity contribution in [1.29, 1.82) is 0 Å². The van der Waals surface area contributed by atoms with Crippen LogP contribution in [0.25, 0.3) is 0 Å². The number of morpholine rings is 1. The third-order valence-corrected chi connectivity index (χ3v) is 2.34. The van der Waals surface area contributed by atoms with Gasteiger partial charge in [-0.05, 0) is 0 Å². The average molecular weight is 244 g/mol. The minimum absolute atomic E-state index is 0.0191. The van der Waals surface area contributed by atoms with Gasteiger partial charge in [-0.1, -0.05) is 0 Å². The number of ether oxygens (including phenoxy) is 1. The van der Waals surface area contributed by atoms with Gasteiger partial charge in [0.2, 0.25) is 5.91 Å². The average Bonchev–Trinajstić information content (AvgIpc) is 2.34. The molecule has 96 valence electrons. The maximum absolute atomic E-state index is 11.7. The summed E-state index contributed by atoms with van der Waals surface area (Å²) in [4.78, 5) is 35.4. The van der Waals surface area contributed by atoms with Gasteiger partial charge in [-0.3, -0.25) is 14.4 Å². The van der Waals surface area contributed by atoms with E-state index >= 15 is 0 Å². The molecule has 1 aliphatic rings. The first-order chi connectivity index (χ1) is 8.07. The van der Waals surface area contributed by atoms with Gasteiger partial charge in [0.15, 0.2) is 0 Å². The first kappa shape index (κ1) is 13.4. The third-order valence-electron chi connectivity index (χ3n) is 2.34. The lowest BCUT2D eigenvalue weighted by Crippen LogP contribution is -2.58. The lowest BCUT2D eigenvalue weighted by Gasteiger charge is -2.32. The van der Waals surface area contributed by atoms with Crippen molar-refractivity contribution >= 4 is 17.7 Å². The summed E-state index contributed by atoms with van der Waals surface area (Å²) in [5.74, 6) is -2.26. The molecule has 0 bridgehead atoms. The van der Waals surface area contributed by atoms with Crippen LogP contribution in [0.2, 0.25) is 0 Å². The van der Waals surface area contributed by atoms with Crippen LogP contribution < -0.4 is 16.8 Å². The van der Waals surface area contributed by atoms with E-state index in [4.69, 9.17) is 16.2 Å². The number of carbonyl (C=O) groups is 3. The fourth-order valence-electron chi connectivity index (χ4n) is 1.47. The van der Waals surface area contributed by atoms with Gasteiger partial charge in [0, 0.05) is 19.6 Å². The number of carbonyl (C=O) groups excluding carboxylic acids is 3. The Bertz CT molecular complexity index is 320. The molecule has 0 aromatic carbocycles. The molecule has 0 aliphatic carbocycles. The molecular formula is C9H16N4O4. The molecule has 5 N–H and O–H groups in total. The number of amides is 3. The Morgan fingerprint density at radius 3 is 2.71 bits per heavy atom. The van der Waals surface area contributed by atoms with Crippen molar-refractivity contribution < 1.29 is 19.1 Å². The van der Waals surface area contributed by atoms with Gasteiger partial charge in [0.25, 0.3) is 0 Å². The molecule has 0 saturated carbocycles. The number of hydrogen-bond donors (Lipinski definition) is 3. The van der Waals surface area contributed by atoms with Crippen molar-refractivity contribution in [3.05, 3.63) is 0 Å². The SMILES string of the molecule is NCCNC(=O)C(=O)N1CCOCC1C(N)=O. The fourth-order valence-corrected chi connectivity index (χ4v) is 1.47. The summed E-state index contributed by atoms with van der Waals surface area (Å²) < 4.78 is 5.04. The highest BCUT2D eigenvalue weighted by Crippen LogP contribution is 2.06. The monoisotopic (exact) mass is 244 g/mol. The number of nitrogens with zero attached hydrogens (tertiary/aromatic N) is 1. The molecule has 1 atom stereocenters. The van der Waals surface area contributed by atoms with Gasteiger partial charge in [-0.25, -0.2) is 0 Å². The van der Waals surface area contributed by atoms with Gasteiger partial charge in [0.1, 0.15) is 6.04 Å². The Kier molecular flexibility index (Phi) is 4.85. The van der Waals surface area contributed by atoms with Crippen molar-refractivity contribution in [2.24, 2.45) is 11.5 Å². The first-order valence-electron chi connectivity index (χ1n) is 5.24. The number of nitrogens with two attached hydrogens (primary N) is 2. The van der Waals surface area contributed by atoms with Crippen LogP contribution in [0.4, 0.5) is 0 Å². The zero-order chi connectivity index (χ0) is 12.8. The number of nitrogens with one attached hydrogen (secondary N) is 1. The molecule has 17 heavy (non-hydrogen) atoms. The third kappa shape index (κ3) is 3.40. The quantitative estimate of drug-likeness (QED) is 0.450. The summed E-state index contributed by atoms with van der Waals surface area (Å²) in [7, 11) is 0. The lowest BCUT2D eigenvalue weighted by atomic mass is 10.2. The minimum Gasteiger partial charge on any atom is -0.377 e. The zero-order valence-corrected chi connectivity index (χ0v) is 9.35. The molecule has 3 amide bonds. The summed E-state index contributed by atoms with van der Waals surface area (Å²) in [6, 6.07) is -0.889. The smallest absolute Gasteiger partial charge is 0.312 e. The molecule has 1 aliphatic heterocycles. The van der Waals surface area contributed by atoms with E-state index in [1.807, 2.05) is 0 Å². The highest BCUT2D eigenvalue weighted by molar-refractivity contribution is 6.35. The molecule has 0 spiro atoms. The highest BCUT2D eigenvalue weighted by Gasteiger charge is 2.34. The molecule has 1 heterocycles. The zero-order valence-electron chi connectivity index (χ0n) is 9.35. The predicted molar refractivity (Wildman–Crippen MR) is 57.6 cm³/mol. The van der Waals surface area contributed by atoms with Crippen LogP contribution in [-0.4, -0.2) is 61.5 Å². The Morgan fingerprint density at radius 1 is 1.41 bits per heavy atom. The normalized spacial score (nSPS) is 19.8. The molecule has 1 fully saturated rings. The maximum Gasteiger partial charge on any atom is 0.312 e. The van der Waals surface area contributed by atoms with Crippen LogP contribution in [0.1, 0.15) is 0 Å². The van der Waals surface area contributed by atoms with Gasteiger partial charge in [-0.15, -0.1) is 0 Å². The van der Waals surface area contributed by atoms with E-state index in [1.165, 1.54) is 0 Å². The van der Waals surface area contributed by atoms with E-state index in [9.17, 15) is 14.4 Å². The van der Waals surface area contributed by atoms with Gasteiger partial charge in [-0.2, -0.15) is 0 Å². The molecule has 0 radical (unpaired) electrons. The van der Waals surface area contributed by atoms with Crippen LogP contribution >= 0.6 is 0 Å². The number of rotatable bonds is 3. The predicted octanol–water partition coefficient (Wildman–Crippen LogP) is -3.23. The van der Waals surface area contributed by atoms with Crippen LogP contribution in [0, 0.1) is 0 Å².